The smallest absolute Gasteiger partial charge is 0.312 e. The monoisotopic (exact) mass is 663 g/mol. The van der Waals surface area contributed by atoms with Crippen LogP contribution in [0, 0.1) is 34.0 Å². The number of anilines is 1. The summed E-state index contributed by atoms with van der Waals surface area (Å²) in [6.45, 7) is 18.0. The van der Waals surface area contributed by atoms with E-state index in [0.29, 0.717) is 12.3 Å². The summed E-state index contributed by atoms with van der Waals surface area (Å²) in [6.07, 6.45) is 10.1. The van der Waals surface area contributed by atoms with Crippen molar-refractivity contribution in [1.82, 2.24) is 0 Å². The van der Waals surface area contributed by atoms with Gasteiger partial charge in [-0.2, -0.15) is 0 Å². The third kappa shape index (κ3) is 10.8. The maximum Gasteiger partial charge on any atom is 0.312 e. The molecule has 0 spiro atoms. The van der Waals surface area contributed by atoms with Gasteiger partial charge in [-0.1, -0.05) is 65.0 Å². The molecule has 4 aliphatic carbocycles. The van der Waals surface area contributed by atoms with Crippen LogP contribution in [0.3, 0.4) is 0 Å². The highest BCUT2D eigenvalue weighted by atomic mass is 16.6. The van der Waals surface area contributed by atoms with Crippen molar-refractivity contribution in [2.45, 2.75) is 132 Å². The molecule has 0 aromatic heterocycles. The van der Waals surface area contributed by atoms with E-state index in [0.717, 1.165) is 61.8 Å². The first kappa shape index (κ1) is 39.1. The molecule has 0 heterocycles. The highest BCUT2D eigenvalue weighted by molar-refractivity contribution is 5.94. The van der Waals surface area contributed by atoms with Gasteiger partial charge in [0.1, 0.15) is 18.0 Å². The number of hydrogen-bond donors (Lipinski definition) is 2. The van der Waals surface area contributed by atoms with Gasteiger partial charge in [-0.3, -0.25) is 14.4 Å². The van der Waals surface area contributed by atoms with E-state index in [1.165, 1.54) is 19.3 Å². The Balaban J connectivity index is 0.000000197. The van der Waals surface area contributed by atoms with Gasteiger partial charge >= 0.3 is 11.9 Å². The minimum atomic E-state index is -0.380. The first-order valence-electron chi connectivity index (χ1n) is 18.0. The zero-order chi connectivity index (χ0) is 35.8. The SMILES string of the molecule is CCC(C)(C)C(=O)Nc1ccc(O)cc1.CCC(C)(C)C(=O)OC12CC3CC(CC(C3)C1)C2.CCC(C)(C)C(=O)OCc1ccccc1. The molecule has 4 bridgehead atoms. The van der Waals surface area contributed by atoms with Crippen molar-refractivity contribution in [2.24, 2.45) is 34.0 Å². The fraction of sp³-hybridized carbons (Fsp3) is 0.634. The number of aromatic hydroxyl groups is 1. The molecule has 2 aromatic carbocycles. The van der Waals surface area contributed by atoms with Crippen LogP contribution in [0.1, 0.15) is 126 Å². The lowest BCUT2D eigenvalue weighted by Gasteiger charge is -2.56. The molecule has 0 unspecified atom stereocenters. The van der Waals surface area contributed by atoms with Gasteiger partial charge in [-0.25, -0.2) is 0 Å². The molecule has 0 saturated heterocycles. The van der Waals surface area contributed by atoms with Gasteiger partial charge in [0.05, 0.1) is 10.8 Å². The van der Waals surface area contributed by atoms with Crippen molar-refractivity contribution in [1.29, 1.82) is 0 Å². The first-order chi connectivity index (χ1) is 22.4. The molecular weight excluding hydrogens is 602 g/mol. The van der Waals surface area contributed by atoms with Crippen molar-refractivity contribution in [2.75, 3.05) is 5.32 Å². The number of amides is 1. The normalized spacial score (nSPS) is 22.7. The summed E-state index contributed by atoms with van der Waals surface area (Å²) in [4.78, 5) is 35.8. The van der Waals surface area contributed by atoms with Crippen LogP contribution in [-0.4, -0.2) is 28.6 Å². The number of hydrogen-bond acceptors (Lipinski definition) is 6. The molecule has 0 atom stereocenters. The van der Waals surface area contributed by atoms with Gasteiger partial charge in [0, 0.05) is 11.1 Å². The highest BCUT2D eigenvalue weighted by Gasteiger charge is 2.54. The van der Waals surface area contributed by atoms with Crippen LogP contribution in [0.15, 0.2) is 54.6 Å². The molecular formula is C41H61NO6. The number of esters is 2. The molecule has 7 heteroatoms. The lowest BCUT2D eigenvalue weighted by Crippen LogP contribution is -2.53. The van der Waals surface area contributed by atoms with E-state index in [1.54, 1.807) is 24.3 Å². The Labute approximate surface area is 289 Å². The molecule has 4 saturated carbocycles. The van der Waals surface area contributed by atoms with Crippen LogP contribution < -0.4 is 5.32 Å². The predicted molar refractivity (Wildman–Crippen MR) is 192 cm³/mol. The van der Waals surface area contributed by atoms with Crippen molar-refractivity contribution in [3.63, 3.8) is 0 Å². The standard InChI is InChI=1S/C16H26O2.C13H18O2.C12H17NO2/c1-4-15(2,3)14(17)18-16-8-11-5-12(9-16)7-13(6-11)10-16;1-4-13(2,3)12(14)15-10-11-8-6-5-7-9-11;1-4-12(2,3)11(15)13-9-5-7-10(14)8-6-9/h11-13H,4-10H2,1-3H3;5-9H,4,10H2,1-3H3;5-8,14H,4H2,1-3H3,(H,13,15). The van der Waals surface area contributed by atoms with E-state index in [4.69, 9.17) is 14.6 Å². The number of nitrogens with one attached hydrogen (secondary N) is 1. The van der Waals surface area contributed by atoms with E-state index in [-0.39, 0.29) is 45.4 Å². The number of phenolic OH excluding ortho intramolecular Hbond substituents is 1. The van der Waals surface area contributed by atoms with Crippen molar-refractivity contribution in [3.8, 4) is 5.75 Å². The second-order valence-corrected chi connectivity index (χ2v) is 16.3. The number of benzene rings is 2. The minimum Gasteiger partial charge on any atom is -0.508 e. The van der Waals surface area contributed by atoms with Gasteiger partial charge in [0.2, 0.25) is 5.91 Å². The summed E-state index contributed by atoms with van der Waals surface area (Å²) in [7, 11) is 0. The second kappa shape index (κ2) is 16.4. The fourth-order valence-corrected chi connectivity index (χ4v) is 6.70. The highest BCUT2D eigenvalue weighted by Crippen LogP contribution is 2.57. The summed E-state index contributed by atoms with van der Waals surface area (Å²) in [6, 6.07) is 16.2. The Bertz CT molecular complexity index is 1310. The van der Waals surface area contributed by atoms with Crippen molar-refractivity contribution >= 4 is 23.5 Å². The van der Waals surface area contributed by atoms with Crippen LogP contribution in [0.25, 0.3) is 0 Å². The Morgan fingerprint density at radius 3 is 1.62 bits per heavy atom. The third-order valence-electron chi connectivity index (χ3n) is 11.0. The lowest BCUT2D eigenvalue weighted by molar-refractivity contribution is -0.196. The quantitative estimate of drug-likeness (QED) is 0.194. The molecule has 2 aromatic rings. The van der Waals surface area contributed by atoms with Gasteiger partial charge in [-0.05, 0) is 133 Å². The van der Waals surface area contributed by atoms with Gasteiger partial charge in [-0.15, -0.1) is 0 Å². The molecule has 266 valence electrons. The average Bonchev–Trinajstić information content (AvgIpc) is 3.04. The molecule has 4 fully saturated rings. The number of carbonyl (C=O) groups excluding carboxylic acids is 3. The summed E-state index contributed by atoms with van der Waals surface area (Å²) in [5, 5.41) is 11.9. The molecule has 48 heavy (non-hydrogen) atoms. The molecule has 1 amide bonds. The minimum absolute atomic E-state index is 0.00399. The van der Waals surface area contributed by atoms with E-state index < -0.39 is 0 Å². The summed E-state index contributed by atoms with van der Waals surface area (Å²) < 4.78 is 11.3. The van der Waals surface area contributed by atoms with Crippen LogP contribution in [0.5, 0.6) is 5.75 Å². The molecule has 4 aliphatic rings. The van der Waals surface area contributed by atoms with Crippen molar-refractivity contribution in [3.05, 3.63) is 60.2 Å². The molecule has 2 N–H and O–H groups in total. The third-order valence-corrected chi connectivity index (χ3v) is 11.0. The molecule has 0 radical (unpaired) electrons. The zero-order valence-electron chi connectivity index (χ0n) is 31.0. The first-order valence-corrected chi connectivity index (χ1v) is 18.0. The van der Waals surface area contributed by atoms with Gasteiger partial charge in [0.15, 0.2) is 0 Å². The Morgan fingerprint density at radius 1 is 0.708 bits per heavy atom. The number of carbonyl (C=O) groups is 3. The van der Waals surface area contributed by atoms with Crippen LogP contribution in [0.4, 0.5) is 5.69 Å². The fourth-order valence-electron chi connectivity index (χ4n) is 6.70. The molecule has 0 aliphatic heterocycles. The van der Waals surface area contributed by atoms with Crippen molar-refractivity contribution < 1.29 is 29.0 Å². The molecule has 6 rings (SSSR count). The van der Waals surface area contributed by atoms with E-state index in [2.05, 4.69) is 12.2 Å². The lowest BCUT2D eigenvalue weighted by atomic mass is 9.54. The topological polar surface area (TPSA) is 102 Å². The predicted octanol–water partition coefficient (Wildman–Crippen LogP) is 9.87. The van der Waals surface area contributed by atoms with E-state index in [9.17, 15) is 14.4 Å². The number of phenols is 1. The van der Waals surface area contributed by atoms with Crippen LogP contribution >= 0.6 is 0 Å². The van der Waals surface area contributed by atoms with E-state index in [1.807, 2.05) is 85.7 Å². The number of rotatable bonds is 10. The Morgan fingerprint density at radius 2 is 1.17 bits per heavy atom. The maximum atomic E-state index is 12.4. The van der Waals surface area contributed by atoms with Gasteiger partial charge < -0.3 is 19.9 Å². The second-order valence-electron chi connectivity index (χ2n) is 16.3. The molecule has 7 nitrogen and oxygen atoms in total. The maximum absolute atomic E-state index is 12.4. The Hall–Kier alpha value is -3.35. The summed E-state index contributed by atoms with van der Waals surface area (Å²) in [5.41, 5.74) is 0.603. The summed E-state index contributed by atoms with van der Waals surface area (Å²) >= 11 is 0. The average molecular weight is 664 g/mol. The van der Waals surface area contributed by atoms with Crippen LogP contribution in [0.2, 0.25) is 0 Å². The number of ether oxygens (including phenoxy) is 2. The zero-order valence-corrected chi connectivity index (χ0v) is 31.0. The van der Waals surface area contributed by atoms with Gasteiger partial charge in [0.25, 0.3) is 0 Å². The largest absolute Gasteiger partial charge is 0.508 e. The Kier molecular flexibility index (Phi) is 13.3. The van der Waals surface area contributed by atoms with E-state index >= 15 is 0 Å². The summed E-state index contributed by atoms with van der Waals surface area (Å²) in [5.74, 6) is 2.62. The van der Waals surface area contributed by atoms with Crippen LogP contribution in [-0.2, 0) is 30.5 Å².